The summed E-state index contributed by atoms with van der Waals surface area (Å²) in [5.74, 6) is 1.58. The number of urea groups is 1. The highest BCUT2D eigenvalue weighted by Gasteiger charge is 2.13. The Balaban J connectivity index is 1.45. The van der Waals surface area contributed by atoms with Gasteiger partial charge in [0, 0.05) is 31.7 Å². The molecule has 0 aliphatic carbocycles. The first kappa shape index (κ1) is 22.7. The normalized spacial score (nSPS) is 10.4. The Bertz CT molecular complexity index is 1310. The van der Waals surface area contributed by atoms with E-state index in [0.717, 1.165) is 22.3 Å². The van der Waals surface area contributed by atoms with Gasteiger partial charge < -0.3 is 20.7 Å². The highest BCUT2D eigenvalue weighted by molar-refractivity contribution is 5.89. The second kappa shape index (κ2) is 10.4. The zero-order valence-corrected chi connectivity index (χ0v) is 19.3. The molecule has 2 aromatic carbocycles. The molecule has 0 radical (unpaired) electrons. The number of rotatable bonds is 7. The third kappa shape index (κ3) is 5.47. The maximum Gasteiger partial charge on any atom is 0.319 e. The summed E-state index contributed by atoms with van der Waals surface area (Å²) in [5, 5.41) is 8.69. The van der Waals surface area contributed by atoms with Crippen LogP contribution in [0.2, 0.25) is 0 Å². The fourth-order valence-corrected chi connectivity index (χ4v) is 3.40. The van der Waals surface area contributed by atoms with E-state index in [1.807, 2.05) is 62.4 Å². The number of ether oxygens (including phenoxy) is 1. The van der Waals surface area contributed by atoms with Crippen LogP contribution in [0.5, 0.6) is 11.6 Å². The van der Waals surface area contributed by atoms with Crippen molar-refractivity contribution in [2.75, 3.05) is 17.7 Å². The van der Waals surface area contributed by atoms with Crippen LogP contribution in [0.15, 0.2) is 73.1 Å². The van der Waals surface area contributed by atoms with Crippen molar-refractivity contribution < 1.29 is 9.53 Å². The molecule has 0 saturated carbocycles. The van der Waals surface area contributed by atoms with Crippen molar-refractivity contribution in [3.05, 3.63) is 89.7 Å². The average molecular weight is 455 g/mol. The van der Waals surface area contributed by atoms with E-state index in [0.29, 0.717) is 35.5 Å². The van der Waals surface area contributed by atoms with E-state index in [1.54, 1.807) is 31.6 Å². The molecule has 8 nitrogen and oxygen atoms in total. The summed E-state index contributed by atoms with van der Waals surface area (Å²) in [7, 11) is 1.77. The number of aromatic nitrogens is 3. The molecule has 0 aliphatic heterocycles. The molecule has 0 saturated heterocycles. The van der Waals surface area contributed by atoms with Crippen LogP contribution >= 0.6 is 0 Å². The number of carbonyl (C=O) groups is 1. The van der Waals surface area contributed by atoms with E-state index in [4.69, 9.17) is 4.74 Å². The second-order valence-corrected chi connectivity index (χ2v) is 7.69. The van der Waals surface area contributed by atoms with Crippen LogP contribution in [-0.4, -0.2) is 28.0 Å². The Labute approximate surface area is 198 Å². The summed E-state index contributed by atoms with van der Waals surface area (Å²) in [6.07, 6.45) is 3.35. The van der Waals surface area contributed by atoms with Gasteiger partial charge in [-0.2, -0.15) is 0 Å². The number of pyridine rings is 1. The van der Waals surface area contributed by atoms with Crippen LogP contribution in [0.25, 0.3) is 11.3 Å². The quantitative estimate of drug-likeness (QED) is 0.350. The molecule has 3 N–H and O–H groups in total. The number of nitrogens with zero attached hydrogens (tertiary/aromatic N) is 3. The van der Waals surface area contributed by atoms with Gasteiger partial charge in [-0.3, -0.25) is 0 Å². The lowest BCUT2D eigenvalue weighted by molar-refractivity contribution is 0.251. The van der Waals surface area contributed by atoms with Crippen molar-refractivity contribution in [3.8, 4) is 22.9 Å². The topological polar surface area (TPSA) is 101 Å². The molecule has 2 amide bonds. The molecule has 4 rings (SSSR count). The van der Waals surface area contributed by atoms with Gasteiger partial charge in [0.2, 0.25) is 11.8 Å². The molecule has 0 fully saturated rings. The monoisotopic (exact) mass is 454 g/mol. The zero-order valence-electron chi connectivity index (χ0n) is 19.3. The first-order valence-corrected chi connectivity index (χ1v) is 10.9. The van der Waals surface area contributed by atoms with Crippen molar-refractivity contribution in [2.45, 2.75) is 20.4 Å². The van der Waals surface area contributed by atoms with Crippen molar-refractivity contribution in [1.82, 2.24) is 20.3 Å². The lowest BCUT2D eigenvalue weighted by Gasteiger charge is -2.14. The Hall–Kier alpha value is -4.46. The number of anilines is 2. The predicted molar refractivity (Wildman–Crippen MR) is 133 cm³/mol. The van der Waals surface area contributed by atoms with Gasteiger partial charge in [0.05, 0.1) is 11.3 Å². The van der Waals surface area contributed by atoms with Gasteiger partial charge in [-0.1, -0.05) is 24.3 Å². The van der Waals surface area contributed by atoms with Crippen LogP contribution in [0.3, 0.4) is 0 Å². The van der Waals surface area contributed by atoms with Gasteiger partial charge in [-0.05, 0) is 66.9 Å². The predicted octanol–water partition coefficient (Wildman–Crippen LogP) is 5.31. The van der Waals surface area contributed by atoms with E-state index < -0.39 is 0 Å². The number of carbonyl (C=O) groups excluding carboxylic acids is 1. The molecular weight excluding hydrogens is 428 g/mol. The van der Waals surface area contributed by atoms with Crippen LogP contribution < -0.4 is 20.7 Å². The summed E-state index contributed by atoms with van der Waals surface area (Å²) in [4.78, 5) is 25.4. The van der Waals surface area contributed by atoms with Crippen molar-refractivity contribution >= 4 is 17.7 Å². The average Bonchev–Trinajstić information content (AvgIpc) is 2.85. The summed E-state index contributed by atoms with van der Waals surface area (Å²) < 4.78 is 6.13. The molecular formula is C26H26N6O2. The Morgan fingerprint density at radius 2 is 1.79 bits per heavy atom. The zero-order chi connectivity index (χ0) is 23.9. The molecule has 0 spiro atoms. The van der Waals surface area contributed by atoms with Crippen LogP contribution in [-0.2, 0) is 6.54 Å². The Morgan fingerprint density at radius 1 is 0.941 bits per heavy atom. The maximum atomic E-state index is 12.4. The minimum absolute atomic E-state index is 0.271. The van der Waals surface area contributed by atoms with Crippen molar-refractivity contribution in [1.29, 1.82) is 0 Å². The third-order valence-electron chi connectivity index (χ3n) is 5.27. The minimum Gasteiger partial charge on any atom is -0.438 e. The molecule has 0 aliphatic rings. The highest BCUT2D eigenvalue weighted by Crippen LogP contribution is 2.32. The largest absolute Gasteiger partial charge is 0.438 e. The third-order valence-corrected chi connectivity index (χ3v) is 5.27. The summed E-state index contributed by atoms with van der Waals surface area (Å²) >= 11 is 0. The molecule has 8 heteroatoms. The summed E-state index contributed by atoms with van der Waals surface area (Å²) in [6.45, 7) is 4.39. The molecule has 2 aromatic heterocycles. The lowest BCUT2D eigenvalue weighted by atomic mass is 10.1. The number of nitrogens with one attached hydrogen (secondary N) is 3. The van der Waals surface area contributed by atoms with Gasteiger partial charge in [-0.15, -0.1) is 0 Å². The molecule has 2 heterocycles. The number of amides is 2. The second-order valence-electron chi connectivity index (χ2n) is 7.69. The summed E-state index contributed by atoms with van der Waals surface area (Å²) in [5.41, 5.74) is 5.18. The SMILES string of the molecule is CNc1nccc(-c2cccnc2Oc2ccc(NC(=O)NCc3ccccc3C)cc2C)n1. The molecule has 0 unspecified atom stereocenters. The van der Waals surface area contributed by atoms with Gasteiger partial charge in [0.15, 0.2) is 0 Å². The lowest BCUT2D eigenvalue weighted by Crippen LogP contribution is -2.28. The molecule has 34 heavy (non-hydrogen) atoms. The van der Waals surface area contributed by atoms with Gasteiger partial charge in [0.25, 0.3) is 0 Å². The molecule has 4 aromatic rings. The van der Waals surface area contributed by atoms with Crippen LogP contribution in [0, 0.1) is 13.8 Å². The van der Waals surface area contributed by atoms with E-state index in [2.05, 4.69) is 30.9 Å². The molecule has 0 atom stereocenters. The number of hydrogen-bond acceptors (Lipinski definition) is 6. The Morgan fingerprint density at radius 3 is 2.59 bits per heavy atom. The number of aryl methyl sites for hydroxylation is 2. The number of hydrogen-bond donors (Lipinski definition) is 3. The van der Waals surface area contributed by atoms with Gasteiger partial charge in [-0.25, -0.2) is 19.7 Å². The van der Waals surface area contributed by atoms with E-state index in [9.17, 15) is 4.79 Å². The fourth-order valence-electron chi connectivity index (χ4n) is 3.40. The first-order valence-electron chi connectivity index (χ1n) is 10.9. The van der Waals surface area contributed by atoms with Gasteiger partial charge >= 0.3 is 6.03 Å². The van der Waals surface area contributed by atoms with Crippen molar-refractivity contribution in [2.24, 2.45) is 0 Å². The van der Waals surface area contributed by atoms with E-state index in [1.165, 1.54) is 0 Å². The highest BCUT2D eigenvalue weighted by atomic mass is 16.5. The molecule has 172 valence electrons. The van der Waals surface area contributed by atoms with Crippen LogP contribution in [0.4, 0.5) is 16.4 Å². The minimum atomic E-state index is -0.271. The van der Waals surface area contributed by atoms with Crippen LogP contribution in [0.1, 0.15) is 16.7 Å². The summed E-state index contributed by atoms with van der Waals surface area (Å²) in [6, 6.07) is 18.7. The van der Waals surface area contributed by atoms with Crippen molar-refractivity contribution in [3.63, 3.8) is 0 Å². The van der Waals surface area contributed by atoms with Gasteiger partial charge in [0.1, 0.15) is 5.75 Å². The standard InChI is InChI=1S/C26H26N6O2/c1-17-7-4-5-8-19(17)16-30-26(33)31-20-10-11-23(18(2)15-20)34-24-21(9-6-13-28-24)22-12-14-29-25(27-3)32-22/h4-15H,16H2,1-3H3,(H,27,29,32)(H2,30,31,33). The van der Waals surface area contributed by atoms with E-state index in [-0.39, 0.29) is 6.03 Å². The molecule has 0 bridgehead atoms. The first-order chi connectivity index (χ1) is 16.5. The van der Waals surface area contributed by atoms with E-state index >= 15 is 0 Å². The number of benzene rings is 2. The fraction of sp³-hybridized carbons (Fsp3) is 0.154. The maximum absolute atomic E-state index is 12.4. The Kier molecular flexibility index (Phi) is 6.98. The smallest absolute Gasteiger partial charge is 0.319 e.